The molecule has 0 aliphatic rings. The van der Waals surface area contributed by atoms with Crippen LogP contribution in [0.1, 0.15) is 24.4 Å². The van der Waals surface area contributed by atoms with E-state index in [0.29, 0.717) is 17.2 Å². The summed E-state index contributed by atoms with van der Waals surface area (Å²) in [6.07, 6.45) is 1.47. The average Bonchev–Trinajstić information content (AvgIpc) is 2.83. The summed E-state index contributed by atoms with van der Waals surface area (Å²) in [6.45, 7) is 1.80. The number of hydrogen-bond acceptors (Lipinski definition) is 6. The second-order valence-electron chi connectivity index (χ2n) is 3.67. The molecule has 2 heterocycles. The smallest absolute Gasteiger partial charge is 0.335 e. The highest BCUT2D eigenvalue weighted by atomic mass is 16.5. The molecule has 1 atom stereocenters. The Morgan fingerprint density at radius 2 is 2.28 bits per heavy atom. The lowest BCUT2D eigenvalue weighted by Crippen LogP contribution is -2.14. The van der Waals surface area contributed by atoms with Gasteiger partial charge in [-0.2, -0.15) is 14.9 Å². The molecule has 0 amide bonds. The van der Waals surface area contributed by atoms with Gasteiger partial charge in [0.2, 0.25) is 0 Å². The van der Waals surface area contributed by atoms with Gasteiger partial charge in [0, 0.05) is 6.20 Å². The maximum absolute atomic E-state index is 8.72. The van der Waals surface area contributed by atoms with Gasteiger partial charge in [-0.15, -0.1) is 5.10 Å². The van der Waals surface area contributed by atoms with Gasteiger partial charge in [-0.1, -0.05) is 0 Å². The third kappa shape index (κ3) is 2.14. The predicted octanol–water partition coefficient (Wildman–Crippen LogP) is 0.562. The van der Waals surface area contributed by atoms with Crippen molar-refractivity contribution in [2.24, 2.45) is 5.73 Å². The first-order chi connectivity index (χ1) is 8.65. The van der Waals surface area contributed by atoms with Gasteiger partial charge < -0.3 is 10.5 Å². The molecule has 0 radical (unpaired) electrons. The first kappa shape index (κ1) is 12.0. The molecule has 2 rings (SSSR count). The third-order valence-corrected chi connectivity index (χ3v) is 2.30. The first-order valence-electron chi connectivity index (χ1n) is 5.28. The van der Waals surface area contributed by atoms with Gasteiger partial charge in [0.05, 0.1) is 18.7 Å². The number of nitriles is 1. The summed E-state index contributed by atoms with van der Waals surface area (Å²) in [4.78, 5) is 8.28. The van der Waals surface area contributed by atoms with E-state index in [-0.39, 0.29) is 12.1 Å². The summed E-state index contributed by atoms with van der Waals surface area (Å²) in [5, 5.41) is 12.9. The molecule has 0 spiro atoms. The Labute approximate surface area is 104 Å². The highest BCUT2D eigenvalue weighted by molar-refractivity contribution is 5.32. The van der Waals surface area contributed by atoms with Crippen LogP contribution in [0.2, 0.25) is 0 Å². The van der Waals surface area contributed by atoms with Crippen molar-refractivity contribution in [1.29, 1.82) is 5.26 Å². The number of nitrogens with zero attached hydrogens (tertiary/aromatic N) is 5. The van der Waals surface area contributed by atoms with Crippen LogP contribution >= 0.6 is 0 Å². The number of aromatic nitrogens is 4. The van der Waals surface area contributed by atoms with Crippen LogP contribution in [0.15, 0.2) is 18.3 Å². The monoisotopic (exact) mass is 244 g/mol. The second kappa shape index (κ2) is 4.81. The van der Waals surface area contributed by atoms with E-state index in [1.807, 2.05) is 6.07 Å². The summed E-state index contributed by atoms with van der Waals surface area (Å²) in [6, 6.07) is 5.26. The van der Waals surface area contributed by atoms with Crippen LogP contribution in [0.3, 0.4) is 0 Å². The summed E-state index contributed by atoms with van der Waals surface area (Å²) in [7, 11) is 1.48. The molecule has 0 saturated heterocycles. The Kier molecular flexibility index (Phi) is 3.21. The molecule has 18 heavy (non-hydrogen) atoms. The maximum Gasteiger partial charge on any atom is 0.335 e. The standard InChI is InChI=1S/C11H12N6O/c1-7(13)10-15-11(18-2)16-17(10)9-4-3-8(5-12)6-14-9/h3-4,6-7H,13H2,1-2H3. The minimum Gasteiger partial charge on any atom is -0.466 e. The Bertz CT molecular complexity index is 581. The van der Waals surface area contributed by atoms with Crippen molar-refractivity contribution < 1.29 is 4.74 Å². The number of nitrogens with two attached hydrogens (primary N) is 1. The topological polar surface area (TPSA) is 103 Å². The zero-order valence-electron chi connectivity index (χ0n) is 10.0. The molecular weight excluding hydrogens is 232 g/mol. The lowest BCUT2D eigenvalue weighted by atomic mass is 10.3. The van der Waals surface area contributed by atoms with Crippen LogP contribution in [0.25, 0.3) is 5.82 Å². The Balaban J connectivity index is 2.48. The van der Waals surface area contributed by atoms with Crippen molar-refractivity contribution >= 4 is 0 Å². The lowest BCUT2D eigenvalue weighted by molar-refractivity contribution is 0.379. The van der Waals surface area contributed by atoms with Gasteiger partial charge in [0.1, 0.15) is 6.07 Å². The minimum atomic E-state index is -0.307. The zero-order valence-corrected chi connectivity index (χ0v) is 10.0. The van der Waals surface area contributed by atoms with Crippen LogP contribution in [0.4, 0.5) is 0 Å². The molecule has 2 N–H and O–H groups in total. The van der Waals surface area contributed by atoms with E-state index in [0.717, 1.165) is 0 Å². The van der Waals surface area contributed by atoms with Crippen molar-refractivity contribution in [2.45, 2.75) is 13.0 Å². The molecule has 0 aliphatic carbocycles. The van der Waals surface area contributed by atoms with E-state index in [2.05, 4.69) is 15.1 Å². The normalized spacial score (nSPS) is 11.9. The molecule has 2 aromatic heterocycles. The van der Waals surface area contributed by atoms with Crippen molar-refractivity contribution in [3.63, 3.8) is 0 Å². The van der Waals surface area contributed by atoms with E-state index in [1.54, 1.807) is 19.1 Å². The molecule has 0 bridgehead atoms. The van der Waals surface area contributed by atoms with E-state index in [4.69, 9.17) is 15.7 Å². The molecular formula is C11H12N6O. The van der Waals surface area contributed by atoms with Crippen LogP contribution in [0, 0.1) is 11.3 Å². The molecule has 7 nitrogen and oxygen atoms in total. The number of methoxy groups -OCH3 is 1. The van der Waals surface area contributed by atoms with Crippen LogP contribution < -0.4 is 10.5 Å². The molecule has 92 valence electrons. The summed E-state index contributed by atoms with van der Waals surface area (Å²) < 4.78 is 6.48. The van der Waals surface area contributed by atoms with Crippen molar-refractivity contribution in [3.05, 3.63) is 29.7 Å². The number of pyridine rings is 1. The van der Waals surface area contributed by atoms with E-state index in [1.165, 1.54) is 18.0 Å². The molecule has 0 aromatic carbocycles. The number of rotatable bonds is 3. The number of hydrogen-bond donors (Lipinski definition) is 1. The van der Waals surface area contributed by atoms with Gasteiger partial charge in [-0.05, 0) is 19.1 Å². The SMILES string of the molecule is COc1nc(C(C)N)n(-c2ccc(C#N)cn2)n1. The Hall–Kier alpha value is -2.46. The molecule has 1 unspecified atom stereocenters. The fraction of sp³-hybridized carbons (Fsp3) is 0.273. The largest absolute Gasteiger partial charge is 0.466 e. The van der Waals surface area contributed by atoms with Gasteiger partial charge in [0.15, 0.2) is 11.6 Å². The van der Waals surface area contributed by atoms with Gasteiger partial charge >= 0.3 is 6.01 Å². The van der Waals surface area contributed by atoms with E-state index >= 15 is 0 Å². The predicted molar refractivity (Wildman–Crippen MR) is 63.0 cm³/mol. The van der Waals surface area contributed by atoms with Gasteiger partial charge in [-0.3, -0.25) is 0 Å². The number of ether oxygens (including phenoxy) is 1. The van der Waals surface area contributed by atoms with Crippen LogP contribution in [-0.4, -0.2) is 26.9 Å². The van der Waals surface area contributed by atoms with Crippen LogP contribution in [0.5, 0.6) is 6.01 Å². The minimum absolute atomic E-state index is 0.230. The van der Waals surface area contributed by atoms with Crippen LogP contribution in [-0.2, 0) is 0 Å². The Morgan fingerprint density at radius 3 is 2.78 bits per heavy atom. The highest BCUT2D eigenvalue weighted by Gasteiger charge is 2.15. The highest BCUT2D eigenvalue weighted by Crippen LogP contribution is 2.16. The second-order valence-corrected chi connectivity index (χ2v) is 3.67. The summed E-state index contributed by atoms with van der Waals surface area (Å²) in [5.41, 5.74) is 6.30. The molecule has 7 heteroatoms. The maximum atomic E-state index is 8.72. The Morgan fingerprint density at radius 1 is 1.50 bits per heavy atom. The molecule has 0 aliphatic heterocycles. The average molecular weight is 244 g/mol. The third-order valence-electron chi connectivity index (χ3n) is 2.30. The summed E-state index contributed by atoms with van der Waals surface area (Å²) >= 11 is 0. The molecule has 0 fully saturated rings. The molecule has 0 saturated carbocycles. The van der Waals surface area contributed by atoms with Crippen molar-refractivity contribution in [3.8, 4) is 17.9 Å². The van der Waals surface area contributed by atoms with Gasteiger partial charge in [-0.25, -0.2) is 4.98 Å². The first-order valence-corrected chi connectivity index (χ1v) is 5.28. The van der Waals surface area contributed by atoms with Crippen molar-refractivity contribution in [2.75, 3.05) is 7.11 Å². The van der Waals surface area contributed by atoms with Gasteiger partial charge in [0.25, 0.3) is 0 Å². The fourth-order valence-corrected chi connectivity index (χ4v) is 1.43. The zero-order chi connectivity index (χ0) is 13.1. The molecule has 2 aromatic rings. The lowest BCUT2D eigenvalue weighted by Gasteiger charge is -2.06. The fourth-order valence-electron chi connectivity index (χ4n) is 1.43. The van der Waals surface area contributed by atoms with E-state index in [9.17, 15) is 0 Å². The summed E-state index contributed by atoms with van der Waals surface area (Å²) in [5.74, 6) is 1.08. The van der Waals surface area contributed by atoms with Crippen molar-refractivity contribution in [1.82, 2.24) is 19.7 Å². The quantitative estimate of drug-likeness (QED) is 0.846. The van der Waals surface area contributed by atoms with E-state index < -0.39 is 0 Å².